The molecular formula is C22H25NO6. The first kappa shape index (κ1) is 20.5. The third-order valence-electron chi connectivity index (χ3n) is 4.62. The molecule has 1 aliphatic heterocycles. The van der Waals surface area contributed by atoms with Gasteiger partial charge in [-0.05, 0) is 31.0 Å². The highest BCUT2D eigenvalue weighted by molar-refractivity contribution is 5.93. The predicted octanol–water partition coefficient (Wildman–Crippen LogP) is 3.20. The zero-order chi connectivity index (χ0) is 20.8. The van der Waals surface area contributed by atoms with Gasteiger partial charge in [0, 0.05) is 0 Å². The van der Waals surface area contributed by atoms with E-state index in [2.05, 4.69) is 5.32 Å². The van der Waals surface area contributed by atoms with Gasteiger partial charge in [0.05, 0.1) is 18.7 Å². The lowest BCUT2D eigenvalue weighted by atomic mass is 10.0. The Balaban J connectivity index is 1.61. The van der Waals surface area contributed by atoms with E-state index < -0.39 is 5.97 Å². The average Bonchev–Trinajstić information content (AvgIpc) is 2.75. The lowest BCUT2D eigenvalue weighted by molar-refractivity contribution is -0.125. The van der Waals surface area contributed by atoms with Gasteiger partial charge in [0.15, 0.2) is 18.1 Å². The average molecular weight is 399 g/mol. The molecule has 7 nitrogen and oxygen atoms in total. The third kappa shape index (κ3) is 4.99. The molecule has 0 bridgehead atoms. The van der Waals surface area contributed by atoms with Gasteiger partial charge >= 0.3 is 5.97 Å². The van der Waals surface area contributed by atoms with Crippen LogP contribution < -0.4 is 19.5 Å². The molecule has 2 aromatic rings. The molecule has 0 aromatic heterocycles. The van der Waals surface area contributed by atoms with Gasteiger partial charge in [-0.3, -0.25) is 4.79 Å². The third-order valence-corrected chi connectivity index (χ3v) is 4.62. The summed E-state index contributed by atoms with van der Waals surface area (Å²) in [5.41, 5.74) is 2.39. The standard InChI is InChI=1S/C22H25NO6/c1-4-17(15-7-5-14(2)6-8-15)23-20(24)13-29-22(25)16-11-18(26-3)21-19(12-16)27-9-10-28-21/h5-8,11-12,17H,4,9-10,13H2,1-3H3,(H,23,24)/t17-/m0/s1. The van der Waals surface area contributed by atoms with E-state index in [1.165, 1.54) is 19.2 Å². The van der Waals surface area contributed by atoms with E-state index in [1.54, 1.807) is 0 Å². The Morgan fingerprint density at radius 3 is 2.55 bits per heavy atom. The summed E-state index contributed by atoms with van der Waals surface area (Å²) in [5, 5.41) is 2.90. The Hall–Kier alpha value is -3.22. The number of carbonyl (C=O) groups is 2. The monoisotopic (exact) mass is 399 g/mol. The van der Waals surface area contributed by atoms with Crippen molar-refractivity contribution in [3.05, 3.63) is 53.1 Å². The van der Waals surface area contributed by atoms with Crippen molar-refractivity contribution >= 4 is 11.9 Å². The van der Waals surface area contributed by atoms with Gasteiger partial charge in [-0.15, -0.1) is 0 Å². The Bertz CT molecular complexity index is 860. The van der Waals surface area contributed by atoms with Crippen LogP contribution in [0.3, 0.4) is 0 Å². The second kappa shape index (κ2) is 9.32. The molecule has 1 N–H and O–H groups in total. The molecule has 29 heavy (non-hydrogen) atoms. The van der Waals surface area contributed by atoms with Crippen molar-refractivity contribution in [3.8, 4) is 17.2 Å². The number of fused-ring (bicyclic) bond motifs is 1. The number of methoxy groups -OCH3 is 1. The van der Waals surface area contributed by atoms with Gasteiger partial charge in [0.25, 0.3) is 5.91 Å². The van der Waals surface area contributed by atoms with Gasteiger partial charge in [-0.1, -0.05) is 36.8 Å². The predicted molar refractivity (Wildman–Crippen MR) is 107 cm³/mol. The lowest BCUT2D eigenvalue weighted by Crippen LogP contribution is -2.32. The normalized spacial score (nSPS) is 13.3. The summed E-state index contributed by atoms with van der Waals surface area (Å²) >= 11 is 0. The molecular weight excluding hydrogens is 374 g/mol. The number of rotatable bonds is 7. The number of hydrogen-bond acceptors (Lipinski definition) is 6. The number of carbonyl (C=O) groups excluding carboxylic acids is 2. The number of aryl methyl sites for hydroxylation is 1. The van der Waals surface area contributed by atoms with Crippen LogP contribution in [0.5, 0.6) is 17.2 Å². The number of esters is 1. The smallest absolute Gasteiger partial charge is 0.338 e. The quantitative estimate of drug-likeness (QED) is 0.720. The first-order chi connectivity index (χ1) is 14.0. The van der Waals surface area contributed by atoms with Crippen LogP contribution >= 0.6 is 0 Å². The first-order valence-corrected chi connectivity index (χ1v) is 9.52. The Morgan fingerprint density at radius 2 is 1.86 bits per heavy atom. The summed E-state index contributed by atoms with van der Waals surface area (Å²) in [7, 11) is 1.48. The fourth-order valence-corrected chi connectivity index (χ4v) is 3.06. The summed E-state index contributed by atoms with van der Waals surface area (Å²) in [6.45, 7) is 4.41. The molecule has 1 aliphatic rings. The van der Waals surface area contributed by atoms with Crippen molar-refractivity contribution in [1.29, 1.82) is 0 Å². The molecule has 1 atom stereocenters. The minimum atomic E-state index is -0.640. The van der Waals surface area contributed by atoms with E-state index in [-0.39, 0.29) is 24.1 Å². The maximum atomic E-state index is 12.4. The number of hydrogen-bond donors (Lipinski definition) is 1. The van der Waals surface area contributed by atoms with E-state index in [9.17, 15) is 9.59 Å². The second-order valence-electron chi connectivity index (χ2n) is 6.72. The molecule has 0 aliphatic carbocycles. The van der Waals surface area contributed by atoms with Crippen LogP contribution in [0.2, 0.25) is 0 Å². The molecule has 2 aromatic carbocycles. The summed E-state index contributed by atoms with van der Waals surface area (Å²) in [4.78, 5) is 24.7. The fraction of sp³-hybridized carbons (Fsp3) is 0.364. The van der Waals surface area contributed by atoms with Crippen LogP contribution in [-0.2, 0) is 9.53 Å². The van der Waals surface area contributed by atoms with E-state index >= 15 is 0 Å². The fourth-order valence-electron chi connectivity index (χ4n) is 3.06. The Labute approximate surface area is 169 Å². The van der Waals surface area contributed by atoms with Crippen molar-refractivity contribution in [1.82, 2.24) is 5.32 Å². The van der Waals surface area contributed by atoms with E-state index in [0.29, 0.717) is 30.5 Å². The van der Waals surface area contributed by atoms with Crippen LogP contribution in [0.1, 0.15) is 40.9 Å². The summed E-state index contributed by atoms with van der Waals surface area (Å²) in [6.07, 6.45) is 0.724. The minimum absolute atomic E-state index is 0.142. The number of benzene rings is 2. The molecule has 0 unspecified atom stereocenters. The molecule has 0 saturated heterocycles. The molecule has 0 fully saturated rings. The van der Waals surface area contributed by atoms with Crippen molar-refractivity contribution in [2.24, 2.45) is 0 Å². The van der Waals surface area contributed by atoms with Gasteiger partial charge in [-0.25, -0.2) is 4.79 Å². The SMILES string of the molecule is CC[C@H](NC(=O)COC(=O)c1cc(OC)c2c(c1)OCCO2)c1ccc(C)cc1. The van der Waals surface area contributed by atoms with Gasteiger partial charge in [0.1, 0.15) is 13.2 Å². The van der Waals surface area contributed by atoms with Crippen LogP contribution in [0, 0.1) is 6.92 Å². The molecule has 0 saturated carbocycles. The van der Waals surface area contributed by atoms with Crippen molar-refractivity contribution < 1.29 is 28.5 Å². The molecule has 154 valence electrons. The summed E-state index contributed by atoms with van der Waals surface area (Å²) in [6, 6.07) is 10.9. The van der Waals surface area contributed by atoms with Crippen molar-refractivity contribution in [2.45, 2.75) is 26.3 Å². The number of ether oxygens (including phenoxy) is 4. The molecule has 0 spiro atoms. The number of nitrogens with one attached hydrogen (secondary N) is 1. The second-order valence-corrected chi connectivity index (χ2v) is 6.72. The van der Waals surface area contributed by atoms with Crippen LogP contribution in [0.4, 0.5) is 0 Å². The van der Waals surface area contributed by atoms with E-state index in [1.807, 2.05) is 38.1 Å². The highest BCUT2D eigenvalue weighted by Crippen LogP contribution is 2.40. The van der Waals surface area contributed by atoms with Crippen LogP contribution in [0.15, 0.2) is 36.4 Å². The van der Waals surface area contributed by atoms with Gasteiger partial charge < -0.3 is 24.3 Å². The Kier molecular flexibility index (Phi) is 6.59. The zero-order valence-corrected chi connectivity index (χ0v) is 16.8. The molecule has 1 amide bonds. The molecule has 3 rings (SSSR count). The van der Waals surface area contributed by atoms with E-state index in [0.717, 1.165) is 17.5 Å². The molecule has 7 heteroatoms. The summed E-state index contributed by atoms with van der Waals surface area (Å²) in [5.74, 6) is 0.243. The Morgan fingerprint density at radius 1 is 1.14 bits per heavy atom. The maximum absolute atomic E-state index is 12.4. The summed E-state index contributed by atoms with van der Waals surface area (Å²) < 4.78 is 21.5. The van der Waals surface area contributed by atoms with Crippen molar-refractivity contribution in [3.63, 3.8) is 0 Å². The zero-order valence-electron chi connectivity index (χ0n) is 16.8. The maximum Gasteiger partial charge on any atom is 0.338 e. The highest BCUT2D eigenvalue weighted by atomic mass is 16.6. The highest BCUT2D eigenvalue weighted by Gasteiger charge is 2.22. The first-order valence-electron chi connectivity index (χ1n) is 9.52. The molecule has 0 radical (unpaired) electrons. The van der Waals surface area contributed by atoms with Crippen LogP contribution in [0.25, 0.3) is 0 Å². The van der Waals surface area contributed by atoms with Gasteiger partial charge in [-0.2, -0.15) is 0 Å². The minimum Gasteiger partial charge on any atom is -0.493 e. The topological polar surface area (TPSA) is 83.1 Å². The lowest BCUT2D eigenvalue weighted by Gasteiger charge is -2.21. The largest absolute Gasteiger partial charge is 0.493 e. The van der Waals surface area contributed by atoms with E-state index in [4.69, 9.17) is 18.9 Å². The molecule has 1 heterocycles. The van der Waals surface area contributed by atoms with Gasteiger partial charge in [0.2, 0.25) is 5.75 Å². The van der Waals surface area contributed by atoms with Crippen LogP contribution in [-0.4, -0.2) is 38.8 Å². The number of amides is 1. The van der Waals surface area contributed by atoms with Crippen molar-refractivity contribution in [2.75, 3.05) is 26.9 Å².